The van der Waals surface area contributed by atoms with E-state index in [0.717, 1.165) is 18.9 Å². The molecule has 1 aliphatic carbocycles. The molecule has 114 valence electrons. The van der Waals surface area contributed by atoms with Gasteiger partial charge in [0, 0.05) is 0 Å². The lowest BCUT2D eigenvalue weighted by molar-refractivity contribution is 0.0773. The minimum atomic E-state index is -0.485. The van der Waals surface area contributed by atoms with Gasteiger partial charge in [-0.1, -0.05) is 27.7 Å². The van der Waals surface area contributed by atoms with Gasteiger partial charge in [-0.25, -0.2) is 0 Å². The Morgan fingerprint density at radius 3 is 1.89 bits per heavy atom. The number of rotatable bonds is 6. The monoisotopic (exact) mass is 271 g/mol. The molecule has 3 heteroatoms. The van der Waals surface area contributed by atoms with Crippen molar-refractivity contribution >= 4 is 0 Å². The van der Waals surface area contributed by atoms with Crippen LogP contribution in [0, 0.1) is 17.3 Å². The van der Waals surface area contributed by atoms with E-state index in [2.05, 4.69) is 26.1 Å². The molecule has 19 heavy (non-hydrogen) atoms. The van der Waals surface area contributed by atoms with Crippen LogP contribution in [-0.2, 0) is 0 Å². The zero-order valence-electron chi connectivity index (χ0n) is 13.2. The summed E-state index contributed by atoms with van der Waals surface area (Å²) in [4.78, 5) is 0. The molecule has 0 unspecified atom stereocenters. The smallest absolute Gasteiger partial charge is 0.0645 e. The maximum Gasteiger partial charge on any atom is 0.0645 e. The highest BCUT2D eigenvalue weighted by Gasteiger charge is 2.31. The minimum Gasteiger partial charge on any atom is -0.394 e. The molecular weight excluding hydrogens is 238 g/mol. The summed E-state index contributed by atoms with van der Waals surface area (Å²) in [6.07, 6.45) is 5.93. The molecule has 1 fully saturated rings. The molecule has 0 spiro atoms. The molecule has 3 nitrogen and oxygen atoms in total. The van der Waals surface area contributed by atoms with Crippen LogP contribution in [0.2, 0.25) is 0 Å². The van der Waals surface area contributed by atoms with E-state index in [-0.39, 0.29) is 13.2 Å². The van der Waals surface area contributed by atoms with Crippen LogP contribution in [-0.4, -0.2) is 35.5 Å². The Hall–Kier alpha value is -0.120. The molecule has 1 saturated carbocycles. The van der Waals surface area contributed by atoms with E-state index < -0.39 is 5.54 Å². The standard InChI is InChI=1S/C16H33NO2/c1-5-16(11-18,12-19)17-10-13-6-8-14(9-7-13)15(2,3)4/h13-14,17-19H,5-12H2,1-4H3. The maximum absolute atomic E-state index is 9.43. The highest BCUT2D eigenvalue weighted by atomic mass is 16.3. The van der Waals surface area contributed by atoms with Crippen LogP contribution in [0.3, 0.4) is 0 Å². The van der Waals surface area contributed by atoms with Gasteiger partial charge < -0.3 is 15.5 Å². The Morgan fingerprint density at radius 1 is 1.00 bits per heavy atom. The zero-order chi connectivity index (χ0) is 14.5. The third-order valence-electron chi connectivity index (χ3n) is 5.12. The second-order valence-corrected chi connectivity index (χ2v) is 7.41. The van der Waals surface area contributed by atoms with Crippen molar-refractivity contribution in [2.75, 3.05) is 19.8 Å². The number of hydrogen-bond acceptors (Lipinski definition) is 3. The van der Waals surface area contributed by atoms with Crippen molar-refractivity contribution < 1.29 is 10.2 Å². The Kier molecular flexibility index (Phi) is 6.28. The van der Waals surface area contributed by atoms with Crippen molar-refractivity contribution in [3.63, 3.8) is 0 Å². The fourth-order valence-corrected chi connectivity index (χ4v) is 3.10. The molecule has 0 aromatic heterocycles. The molecule has 0 saturated heterocycles. The lowest BCUT2D eigenvalue weighted by Gasteiger charge is -2.38. The fraction of sp³-hybridized carbons (Fsp3) is 1.00. The average Bonchev–Trinajstić information content (AvgIpc) is 2.40. The third-order valence-corrected chi connectivity index (χ3v) is 5.12. The zero-order valence-corrected chi connectivity index (χ0v) is 13.2. The molecule has 1 aliphatic rings. The highest BCUT2D eigenvalue weighted by molar-refractivity contribution is 4.88. The van der Waals surface area contributed by atoms with Crippen LogP contribution in [0.25, 0.3) is 0 Å². The van der Waals surface area contributed by atoms with Gasteiger partial charge in [-0.2, -0.15) is 0 Å². The summed E-state index contributed by atoms with van der Waals surface area (Å²) in [6.45, 7) is 9.98. The van der Waals surface area contributed by atoms with E-state index in [4.69, 9.17) is 0 Å². The summed E-state index contributed by atoms with van der Waals surface area (Å²) in [5.41, 5.74) is -0.0529. The SMILES string of the molecule is CCC(CO)(CO)NCC1CCC(C(C)(C)C)CC1. The number of nitrogens with one attached hydrogen (secondary N) is 1. The number of hydrogen-bond donors (Lipinski definition) is 3. The van der Waals surface area contributed by atoms with Gasteiger partial charge in [0.15, 0.2) is 0 Å². The number of aliphatic hydroxyl groups is 2. The summed E-state index contributed by atoms with van der Waals surface area (Å²) in [5, 5.41) is 22.3. The van der Waals surface area contributed by atoms with E-state index in [1.54, 1.807) is 0 Å². The Bertz CT molecular complexity index is 240. The molecule has 1 rings (SSSR count). The van der Waals surface area contributed by atoms with Crippen LogP contribution < -0.4 is 5.32 Å². The Balaban J connectivity index is 2.37. The molecule has 3 N–H and O–H groups in total. The Labute approximate surface area is 118 Å². The van der Waals surface area contributed by atoms with E-state index in [1.165, 1.54) is 25.7 Å². The van der Waals surface area contributed by atoms with Crippen molar-refractivity contribution in [2.45, 2.75) is 65.3 Å². The first-order chi connectivity index (χ1) is 8.87. The van der Waals surface area contributed by atoms with Gasteiger partial charge in [0.25, 0.3) is 0 Å². The van der Waals surface area contributed by atoms with Crippen molar-refractivity contribution in [1.82, 2.24) is 5.32 Å². The summed E-state index contributed by atoms with van der Waals surface area (Å²) in [6, 6.07) is 0. The van der Waals surface area contributed by atoms with Gasteiger partial charge in [0.1, 0.15) is 0 Å². The van der Waals surface area contributed by atoms with Gasteiger partial charge >= 0.3 is 0 Å². The molecule has 0 aliphatic heterocycles. The quantitative estimate of drug-likeness (QED) is 0.696. The molecule has 0 aromatic rings. The highest BCUT2D eigenvalue weighted by Crippen LogP contribution is 2.39. The topological polar surface area (TPSA) is 52.5 Å². The van der Waals surface area contributed by atoms with Gasteiger partial charge in [-0.15, -0.1) is 0 Å². The van der Waals surface area contributed by atoms with Gasteiger partial charge in [0.2, 0.25) is 0 Å². The molecule has 0 amide bonds. The largest absolute Gasteiger partial charge is 0.394 e. The lowest BCUT2D eigenvalue weighted by atomic mass is 9.70. The summed E-state index contributed by atoms with van der Waals surface area (Å²) >= 11 is 0. The molecule has 0 radical (unpaired) electrons. The van der Waals surface area contributed by atoms with Crippen molar-refractivity contribution in [2.24, 2.45) is 17.3 Å². The van der Waals surface area contributed by atoms with Gasteiger partial charge in [-0.05, 0) is 55.9 Å². The maximum atomic E-state index is 9.43. The lowest BCUT2D eigenvalue weighted by Crippen LogP contribution is -2.53. The summed E-state index contributed by atoms with van der Waals surface area (Å²) in [5.74, 6) is 1.54. The molecule has 0 aromatic carbocycles. The first kappa shape index (κ1) is 16.9. The predicted molar refractivity (Wildman–Crippen MR) is 80.1 cm³/mol. The normalized spacial score (nSPS) is 25.6. The fourth-order valence-electron chi connectivity index (χ4n) is 3.10. The predicted octanol–water partition coefficient (Wildman–Crippen LogP) is 2.56. The second-order valence-electron chi connectivity index (χ2n) is 7.41. The van der Waals surface area contributed by atoms with Crippen molar-refractivity contribution in [1.29, 1.82) is 0 Å². The summed E-state index contributed by atoms with van der Waals surface area (Å²) < 4.78 is 0. The van der Waals surface area contributed by atoms with Gasteiger partial charge in [-0.3, -0.25) is 0 Å². The van der Waals surface area contributed by atoms with E-state index in [9.17, 15) is 10.2 Å². The van der Waals surface area contributed by atoms with Gasteiger partial charge in [0.05, 0.1) is 18.8 Å². The summed E-state index contributed by atoms with van der Waals surface area (Å²) in [7, 11) is 0. The van der Waals surface area contributed by atoms with Crippen LogP contribution >= 0.6 is 0 Å². The van der Waals surface area contributed by atoms with Crippen LogP contribution in [0.4, 0.5) is 0 Å². The van der Waals surface area contributed by atoms with Crippen LogP contribution in [0.1, 0.15) is 59.8 Å². The average molecular weight is 271 g/mol. The van der Waals surface area contributed by atoms with Crippen molar-refractivity contribution in [3.8, 4) is 0 Å². The van der Waals surface area contributed by atoms with E-state index >= 15 is 0 Å². The van der Waals surface area contributed by atoms with Crippen molar-refractivity contribution in [3.05, 3.63) is 0 Å². The molecule has 0 atom stereocenters. The van der Waals surface area contributed by atoms with E-state index in [0.29, 0.717) is 11.3 Å². The molecule has 0 heterocycles. The Morgan fingerprint density at radius 2 is 1.53 bits per heavy atom. The van der Waals surface area contributed by atoms with E-state index in [1.807, 2.05) is 6.92 Å². The van der Waals surface area contributed by atoms with Crippen LogP contribution in [0.5, 0.6) is 0 Å². The van der Waals surface area contributed by atoms with Crippen LogP contribution in [0.15, 0.2) is 0 Å². The first-order valence-corrected chi connectivity index (χ1v) is 7.83. The number of aliphatic hydroxyl groups excluding tert-OH is 2. The molecular formula is C16H33NO2. The third kappa shape index (κ3) is 4.73. The molecule has 0 bridgehead atoms. The minimum absolute atomic E-state index is 0.0112. The first-order valence-electron chi connectivity index (χ1n) is 7.83. The second kappa shape index (κ2) is 7.05.